The first-order valence-corrected chi connectivity index (χ1v) is 5.70. The third-order valence-corrected chi connectivity index (χ3v) is 2.60. The molecule has 0 radical (unpaired) electrons. The van der Waals surface area contributed by atoms with E-state index in [1.54, 1.807) is 24.3 Å². The lowest BCUT2D eigenvalue weighted by atomic mass is 10.2. The van der Waals surface area contributed by atoms with Gasteiger partial charge in [-0.2, -0.15) is 13.2 Å². The maximum atomic E-state index is 12.4. The Hall–Kier alpha value is -1.82. The SMILES string of the molecule is FC(F)(F)c1cc(NCc2ccc(Cl)cc2)ncn1. The molecule has 0 bridgehead atoms. The molecule has 0 aliphatic heterocycles. The average molecular weight is 288 g/mol. The largest absolute Gasteiger partial charge is 0.433 e. The summed E-state index contributed by atoms with van der Waals surface area (Å²) in [5.41, 5.74) is -0.0855. The highest BCUT2D eigenvalue weighted by molar-refractivity contribution is 6.30. The van der Waals surface area contributed by atoms with Crippen LogP contribution in [-0.4, -0.2) is 9.97 Å². The van der Waals surface area contributed by atoms with E-state index < -0.39 is 11.9 Å². The standard InChI is InChI=1S/C12H9ClF3N3/c13-9-3-1-8(2-4-9)6-17-11-5-10(12(14,15)16)18-7-19-11/h1-5,7H,6H2,(H,17,18,19). The van der Waals surface area contributed by atoms with Gasteiger partial charge in [0.15, 0.2) is 0 Å². The Morgan fingerprint density at radius 1 is 1.11 bits per heavy atom. The minimum atomic E-state index is -4.47. The number of nitrogens with zero attached hydrogens (tertiary/aromatic N) is 2. The van der Waals surface area contributed by atoms with Gasteiger partial charge in [0, 0.05) is 17.6 Å². The van der Waals surface area contributed by atoms with Gasteiger partial charge in [0.25, 0.3) is 0 Å². The van der Waals surface area contributed by atoms with Crippen LogP contribution in [0.2, 0.25) is 5.02 Å². The van der Waals surface area contributed by atoms with E-state index in [9.17, 15) is 13.2 Å². The smallest absolute Gasteiger partial charge is 0.366 e. The van der Waals surface area contributed by atoms with Crippen molar-refractivity contribution < 1.29 is 13.2 Å². The Morgan fingerprint density at radius 3 is 2.42 bits per heavy atom. The number of alkyl halides is 3. The molecule has 1 aromatic carbocycles. The predicted molar refractivity (Wildman–Crippen MR) is 65.8 cm³/mol. The van der Waals surface area contributed by atoms with Crippen LogP contribution in [-0.2, 0) is 12.7 Å². The topological polar surface area (TPSA) is 37.8 Å². The van der Waals surface area contributed by atoms with Crippen molar-refractivity contribution >= 4 is 17.4 Å². The van der Waals surface area contributed by atoms with E-state index in [4.69, 9.17) is 11.6 Å². The Bertz CT molecular complexity index is 555. The van der Waals surface area contributed by atoms with Gasteiger partial charge in [0.2, 0.25) is 0 Å². The first-order chi connectivity index (χ1) is 8.95. The molecule has 1 heterocycles. The van der Waals surface area contributed by atoms with Crippen LogP contribution in [0.3, 0.4) is 0 Å². The lowest BCUT2D eigenvalue weighted by molar-refractivity contribution is -0.141. The highest BCUT2D eigenvalue weighted by Crippen LogP contribution is 2.28. The van der Waals surface area contributed by atoms with Crippen LogP contribution >= 0.6 is 11.6 Å². The minimum Gasteiger partial charge on any atom is -0.366 e. The second-order valence-corrected chi connectivity index (χ2v) is 4.20. The summed E-state index contributed by atoms with van der Waals surface area (Å²) < 4.78 is 37.3. The summed E-state index contributed by atoms with van der Waals surface area (Å²) in [4.78, 5) is 6.92. The molecule has 2 aromatic rings. The van der Waals surface area contributed by atoms with Crippen molar-refractivity contribution in [3.05, 3.63) is 52.9 Å². The summed E-state index contributed by atoms with van der Waals surface area (Å²) in [5, 5.41) is 3.40. The molecular weight excluding hydrogens is 279 g/mol. The Labute approximate surface area is 112 Å². The summed E-state index contributed by atoms with van der Waals surface area (Å²) in [6, 6.07) is 7.84. The van der Waals surface area contributed by atoms with Gasteiger partial charge in [-0.25, -0.2) is 9.97 Å². The van der Waals surface area contributed by atoms with Crippen molar-refractivity contribution in [2.24, 2.45) is 0 Å². The highest BCUT2D eigenvalue weighted by atomic mass is 35.5. The van der Waals surface area contributed by atoms with Crippen LogP contribution in [0.25, 0.3) is 0 Å². The van der Waals surface area contributed by atoms with Crippen LogP contribution in [0.1, 0.15) is 11.3 Å². The molecule has 0 aliphatic carbocycles. The third kappa shape index (κ3) is 3.82. The fourth-order valence-corrected chi connectivity index (χ4v) is 1.53. The Balaban J connectivity index is 2.05. The first-order valence-electron chi connectivity index (χ1n) is 5.33. The molecule has 0 amide bonds. The molecule has 3 nitrogen and oxygen atoms in total. The molecule has 0 unspecified atom stereocenters. The predicted octanol–water partition coefficient (Wildman–Crippen LogP) is 3.76. The second-order valence-electron chi connectivity index (χ2n) is 3.77. The molecule has 1 N–H and O–H groups in total. The van der Waals surface area contributed by atoms with E-state index in [0.29, 0.717) is 11.6 Å². The zero-order valence-corrected chi connectivity index (χ0v) is 10.3. The quantitative estimate of drug-likeness (QED) is 0.934. The molecule has 0 saturated heterocycles. The molecular formula is C12H9ClF3N3. The molecule has 19 heavy (non-hydrogen) atoms. The number of anilines is 1. The van der Waals surface area contributed by atoms with Crippen molar-refractivity contribution in [2.45, 2.75) is 12.7 Å². The van der Waals surface area contributed by atoms with Crippen molar-refractivity contribution in [3.63, 3.8) is 0 Å². The zero-order valence-electron chi connectivity index (χ0n) is 9.58. The Kier molecular flexibility index (Phi) is 3.90. The molecule has 0 fully saturated rings. The summed E-state index contributed by atoms with van der Waals surface area (Å²) in [7, 11) is 0. The number of hydrogen-bond acceptors (Lipinski definition) is 3. The van der Waals surface area contributed by atoms with Crippen molar-refractivity contribution in [1.29, 1.82) is 0 Å². The maximum absolute atomic E-state index is 12.4. The molecule has 1 aromatic heterocycles. The third-order valence-electron chi connectivity index (χ3n) is 2.34. The first kappa shape index (κ1) is 13.6. The van der Waals surface area contributed by atoms with Gasteiger partial charge >= 0.3 is 6.18 Å². The van der Waals surface area contributed by atoms with E-state index in [1.165, 1.54) is 0 Å². The number of nitrogens with one attached hydrogen (secondary N) is 1. The molecule has 2 rings (SSSR count). The summed E-state index contributed by atoms with van der Waals surface area (Å²) >= 11 is 5.73. The van der Waals surface area contributed by atoms with Crippen LogP contribution in [0.15, 0.2) is 36.7 Å². The van der Waals surface area contributed by atoms with Gasteiger partial charge in [-0.3, -0.25) is 0 Å². The maximum Gasteiger partial charge on any atom is 0.433 e. The summed E-state index contributed by atoms with van der Waals surface area (Å²) in [6.07, 6.45) is -3.59. The van der Waals surface area contributed by atoms with Crippen molar-refractivity contribution in [1.82, 2.24) is 9.97 Å². The number of aromatic nitrogens is 2. The van der Waals surface area contributed by atoms with E-state index in [-0.39, 0.29) is 5.82 Å². The van der Waals surface area contributed by atoms with Crippen LogP contribution in [0.4, 0.5) is 19.0 Å². The lowest BCUT2D eigenvalue weighted by Crippen LogP contribution is -2.10. The van der Waals surface area contributed by atoms with Crippen LogP contribution in [0.5, 0.6) is 0 Å². The Morgan fingerprint density at radius 2 is 1.79 bits per heavy atom. The van der Waals surface area contributed by atoms with Crippen LogP contribution in [0, 0.1) is 0 Å². The lowest BCUT2D eigenvalue weighted by Gasteiger charge is -2.09. The molecule has 100 valence electrons. The van der Waals surface area contributed by atoms with E-state index in [1.807, 2.05) is 0 Å². The molecule has 0 spiro atoms. The van der Waals surface area contributed by atoms with Crippen LogP contribution < -0.4 is 5.32 Å². The van der Waals surface area contributed by atoms with E-state index >= 15 is 0 Å². The number of rotatable bonds is 3. The van der Waals surface area contributed by atoms with Crippen molar-refractivity contribution in [2.75, 3.05) is 5.32 Å². The number of benzene rings is 1. The summed E-state index contributed by atoms with van der Waals surface area (Å²) in [5.74, 6) is 0.122. The van der Waals surface area contributed by atoms with Gasteiger partial charge in [-0.05, 0) is 17.7 Å². The number of halogens is 4. The van der Waals surface area contributed by atoms with E-state index in [2.05, 4.69) is 15.3 Å². The molecule has 0 atom stereocenters. The number of hydrogen-bond donors (Lipinski definition) is 1. The van der Waals surface area contributed by atoms with Gasteiger partial charge in [0.1, 0.15) is 17.8 Å². The fraction of sp³-hybridized carbons (Fsp3) is 0.167. The highest BCUT2D eigenvalue weighted by Gasteiger charge is 2.32. The average Bonchev–Trinajstić information content (AvgIpc) is 2.37. The second kappa shape index (κ2) is 5.44. The fourth-order valence-electron chi connectivity index (χ4n) is 1.40. The van der Waals surface area contributed by atoms with E-state index in [0.717, 1.165) is 18.0 Å². The molecule has 0 saturated carbocycles. The van der Waals surface area contributed by atoms with Gasteiger partial charge < -0.3 is 5.32 Å². The molecule has 7 heteroatoms. The summed E-state index contributed by atoms with van der Waals surface area (Å²) in [6.45, 7) is 0.353. The monoisotopic (exact) mass is 287 g/mol. The minimum absolute atomic E-state index is 0.122. The van der Waals surface area contributed by atoms with Gasteiger partial charge in [-0.1, -0.05) is 23.7 Å². The van der Waals surface area contributed by atoms with Crippen molar-refractivity contribution in [3.8, 4) is 0 Å². The zero-order chi connectivity index (χ0) is 13.9. The van der Waals surface area contributed by atoms with Gasteiger partial charge in [0.05, 0.1) is 0 Å². The van der Waals surface area contributed by atoms with Gasteiger partial charge in [-0.15, -0.1) is 0 Å². The molecule has 0 aliphatic rings. The normalized spacial score (nSPS) is 11.4.